The molecule has 30 heavy (non-hydrogen) atoms. The Bertz CT molecular complexity index is 659. The summed E-state index contributed by atoms with van der Waals surface area (Å²) in [6, 6.07) is -1.91. The maximum atomic E-state index is 12.2. The Balaban J connectivity index is 2.17. The SMILES string of the molecule is CC(C)[C@H](NC(=O)CCOCCOCCN1C(=O)C=CC1=O)C(=O)N[C@@H](C)C(=O)O. The minimum Gasteiger partial charge on any atom is -0.480 e. The van der Waals surface area contributed by atoms with Gasteiger partial charge in [0.05, 0.1) is 33.0 Å². The van der Waals surface area contributed by atoms with Gasteiger partial charge in [-0.05, 0) is 12.8 Å². The molecule has 4 amide bonds. The molecule has 1 aliphatic heterocycles. The van der Waals surface area contributed by atoms with Crippen LogP contribution in [0.1, 0.15) is 27.2 Å². The number of carboxylic acids is 1. The molecule has 168 valence electrons. The third-order valence-corrected chi connectivity index (χ3v) is 4.20. The number of nitrogens with one attached hydrogen (secondary N) is 2. The molecule has 0 fully saturated rings. The summed E-state index contributed by atoms with van der Waals surface area (Å²) in [7, 11) is 0. The van der Waals surface area contributed by atoms with E-state index in [9.17, 15) is 24.0 Å². The predicted octanol–water partition coefficient (Wildman–Crippen LogP) is -0.935. The Morgan fingerprint density at radius 1 is 0.967 bits per heavy atom. The molecule has 1 aliphatic rings. The number of nitrogens with zero attached hydrogens (tertiary/aromatic N) is 1. The topological polar surface area (TPSA) is 151 Å². The lowest BCUT2D eigenvalue weighted by Crippen LogP contribution is -2.53. The van der Waals surface area contributed by atoms with Gasteiger partial charge in [0.25, 0.3) is 11.8 Å². The smallest absolute Gasteiger partial charge is 0.325 e. The van der Waals surface area contributed by atoms with Gasteiger partial charge in [-0.2, -0.15) is 0 Å². The van der Waals surface area contributed by atoms with Crippen LogP contribution in [0.2, 0.25) is 0 Å². The highest BCUT2D eigenvalue weighted by molar-refractivity contribution is 6.12. The highest BCUT2D eigenvalue weighted by Crippen LogP contribution is 2.04. The van der Waals surface area contributed by atoms with E-state index in [2.05, 4.69) is 10.6 Å². The fourth-order valence-electron chi connectivity index (χ4n) is 2.44. The molecule has 1 heterocycles. The summed E-state index contributed by atoms with van der Waals surface area (Å²) in [6.45, 7) is 5.72. The number of hydrogen-bond acceptors (Lipinski definition) is 7. The summed E-state index contributed by atoms with van der Waals surface area (Å²) in [6.07, 6.45) is 2.43. The van der Waals surface area contributed by atoms with Crippen LogP contribution in [0.4, 0.5) is 0 Å². The Hall–Kier alpha value is -2.79. The molecule has 11 heteroatoms. The average molecular weight is 427 g/mol. The lowest BCUT2D eigenvalue weighted by molar-refractivity contribution is -0.142. The number of carbonyl (C=O) groups excluding carboxylic acids is 4. The molecule has 0 radical (unpaired) electrons. The second kappa shape index (κ2) is 12.7. The standard InChI is InChI=1S/C19H29N3O8/c1-12(2)17(18(26)20-13(3)19(27)28)21-14(23)6-8-29-10-11-30-9-7-22-15(24)4-5-16(22)25/h4-5,12-13,17H,6-11H2,1-3H3,(H,20,26)(H,21,23)(H,27,28)/t13-,17-/m0/s1. The molecule has 1 rings (SSSR count). The van der Waals surface area contributed by atoms with Gasteiger partial charge in [0, 0.05) is 18.6 Å². The van der Waals surface area contributed by atoms with E-state index in [1.807, 2.05) is 0 Å². The first kappa shape index (κ1) is 25.2. The largest absolute Gasteiger partial charge is 0.480 e. The van der Waals surface area contributed by atoms with Crippen LogP contribution in [0.3, 0.4) is 0 Å². The fourth-order valence-corrected chi connectivity index (χ4v) is 2.44. The summed E-state index contributed by atoms with van der Waals surface area (Å²) in [5.74, 6) is -3.08. The van der Waals surface area contributed by atoms with Crippen molar-refractivity contribution in [3.8, 4) is 0 Å². The van der Waals surface area contributed by atoms with E-state index in [0.29, 0.717) is 0 Å². The molecule has 0 saturated heterocycles. The number of amides is 4. The van der Waals surface area contributed by atoms with Crippen LogP contribution in [-0.2, 0) is 33.4 Å². The first-order valence-electron chi connectivity index (χ1n) is 9.65. The van der Waals surface area contributed by atoms with E-state index in [1.54, 1.807) is 13.8 Å². The number of aliphatic carboxylic acids is 1. The number of imide groups is 1. The van der Waals surface area contributed by atoms with Gasteiger partial charge < -0.3 is 25.2 Å². The molecular weight excluding hydrogens is 398 g/mol. The number of hydrogen-bond donors (Lipinski definition) is 3. The summed E-state index contributed by atoms with van der Waals surface area (Å²) < 4.78 is 10.6. The van der Waals surface area contributed by atoms with Gasteiger partial charge in [0.2, 0.25) is 11.8 Å². The van der Waals surface area contributed by atoms with Crippen LogP contribution >= 0.6 is 0 Å². The molecule has 0 bridgehead atoms. The zero-order valence-electron chi connectivity index (χ0n) is 17.4. The molecule has 0 aliphatic carbocycles. The third kappa shape index (κ3) is 8.70. The Morgan fingerprint density at radius 3 is 2.07 bits per heavy atom. The van der Waals surface area contributed by atoms with Crippen molar-refractivity contribution in [3.63, 3.8) is 0 Å². The van der Waals surface area contributed by atoms with Crippen molar-refractivity contribution in [2.75, 3.05) is 33.0 Å². The van der Waals surface area contributed by atoms with Crippen molar-refractivity contribution >= 4 is 29.6 Å². The van der Waals surface area contributed by atoms with E-state index in [4.69, 9.17) is 14.6 Å². The second-order valence-electron chi connectivity index (χ2n) is 6.99. The molecule has 3 N–H and O–H groups in total. The van der Waals surface area contributed by atoms with Crippen molar-refractivity contribution in [1.29, 1.82) is 0 Å². The van der Waals surface area contributed by atoms with Crippen molar-refractivity contribution in [3.05, 3.63) is 12.2 Å². The van der Waals surface area contributed by atoms with E-state index in [-0.39, 0.29) is 57.1 Å². The quantitative estimate of drug-likeness (QED) is 0.237. The average Bonchev–Trinajstić information content (AvgIpc) is 2.99. The molecule has 2 atom stereocenters. The van der Waals surface area contributed by atoms with Crippen LogP contribution in [0.5, 0.6) is 0 Å². The molecule has 11 nitrogen and oxygen atoms in total. The van der Waals surface area contributed by atoms with Gasteiger partial charge in [-0.1, -0.05) is 13.8 Å². The fraction of sp³-hybridized carbons (Fsp3) is 0.632. The van der Waals surface area contributed by atoms with Crippen LogP contribution in [-0.4, -0.2) is 84.7 Å². The van der Waals surface area contributed by atoms with E-state index in [1.165, 1.54) is 19.1 Å². The van der Waals surface area contributed by atoms with E-state index >= 15 is 0 Å². The number of ether oxygens (including phenoxy) is 2. The second-order valence-corrected chi connectivity index (χ2v) is 6.99. The summed E-state index contributed by atoms with van der Waals surface area (Å²) in [5, 5.41) is 13.8. The zero-order valence-corrected chi connectivity index (χ0v) is 17.4. The van der Waals surface area contributed by atoms with Crippen molar-refractivity contribution in [2.45, 2.75) is 39.3 Å². The van der Waals surface area contributed by atoms with Gasteiger partial charge in [0.15, 0.2) is 0 Å². The zero-order chi connectivity index (χ0) is 22.7. The number of carboxylic acid groups (broad SMARTS) is 1. The van der Waals surface area contributed by atoms with Gasteiger partial charge >= 0.3 is 5.97 Å². The lowest BCUT2D eigenvalue weighted by Gasteiger charge is -2.23. The first-order valence-corrected chi connectivity index (χ1v) is 9.65. The lowest BCUT2D eigenvalue weighted by atomic mass is 10.0. The van der Waals surface area contributed by atoms with Crippen LogP contribution < -0.4 is 10.6 Å². The Kier molecular flexibility index (Phi) is 10.7. The van der Waals surface area contributed by atoms with Gasteiger partial charge in [-0.25, -0.2) is 0 Å². The van der Waals surface area contributed by atoms with E-state index in [0.717, 1.165) is 4.90 Å². The predicted molar refractivity (Wildman–Crippen MR) is 104 cm³/mol. The Morgan fingerprint density at radius 2 is 1.53 bits per heavy atom. The molecule has 0 saturated carbocycles. The maximum Gasteiger partial charge on any atom is 0.325 e. The summed E-state index contributed by atoms with van der Waals surface area (Å²) in [5.41, 5.74) is 0. The third-order valence-electron chi connectivity index (χ3n) is 4.20. The van der Waals surface area contributed by atoms with Gasteiger partial charge in [-0.3, -0.25) is 28.9 Å². The van der Waals surface area contributed by atoms with E-state index < -0.39 is 29.9 Å². The highest BCUT2D eigenvalue weighted by Gasteiger charge is 2.26. The van der Waals surface area contributed by atoms with Crippen LogP contribution in [0.15, 0.2) is 12.2 Å². The minimum atomic E-state index is -1.16. The molecule has 0 spiro atoms. The molecular formula is C19H29N3O8. The maximum absolute atomic E-state index is 12.2. The van der Waals surface area contributed by atoms with Gasteiger partial charge in [0.1, 0.15) is 12.1 Å². The summed E-state index contributed by atoms with van der Waals surface area (Å²) in [4.78, 5) is 58.8. The van der Waals surface area contributed by atoms with Gasteiger partial charge in [-0.15, -0.1) is 0 Å². The van der Waals surface area contributed by atoms with Crippen molar-refractivity contribution < 1.29 is 38.6 Å². The van der Waals surface area contributed by atoms with Crippen LogP contribution in [0.25, 0.3) is 0 Å². The highest BCUT2D eigenvalue weighted by atomic mass is 16.5. The molecule has 0 unspecified atom stereocenters. The van der Waals surface area contributed by atoms with Crippen molar-refractivity contribution in [2.24, 2.45) is 5.92 Å². The normalized spacial score (nSPS) is 15.4. The Labute approximate surface area is 174 Å². The number of carbonyl (C=O) groups is 5. The molecule has 0 aromatic heterocycles. The van der Waals surface area contributed by atoms with Crippen LogP contribution in [0, 0.1) is 5.92 Å². The molecule has 0 aromatic carbocycles. The van der Waals surface area contributed by atoms with Crippen molar-refractivity contribution in [1.82, 2.24) is 15.5 Å². The minimum absolute atomic E-state index is 0.0213. The first-order chi connectivity index (χ1) is 14.1. The summed E-state index contributed by atoms with van der Waals surface area (Å²) >= 11 is 0. The monoisotopic (exact) mass is 427 g/mol. The number of rotatable bonds is 14. The molecule has 0 aromatic rings.